The van der Waals surface area contributed by atoms with Crippen LogP contribution in [0.15, 0.2) is 23.3 Å². The first-order valence-electron chi connectivity index (χ1n) is 9.52. The normalized spacial score (nSPS) is 54.4. The predicted molar refractivity (Wildman–Crippen MR) is 90.9 cm³/mol. The Morgan fingerprint density at radius 1 is 1.27 bits per heavy atom. The maximum atomic E-state index is 12.0. The van der Waals surface area contributed by atoms with E-state index in [1.54, 1.807) is 12.2 Å². The summed E-state index contributed by atoms with van der Waals surface area (Å²) in [5, 5.41) is 34.6. The van der Waals surface area contributed by atoms with Crippen molar-refractivity contribution in [1.29, 1.82) is 0 Å². The van der Waals surface area contributed by atoms with E-state index in [1.165, 1.54) is 0 Å². The Morgan fingerprint density at radius 3 is 2.69 bits per heavy atom. The van der Waals surface area contributed by atoms with Gasteiger partial charge >= 0.3 is 5.97 Å². The number of hydrogen-bond acceptors (Lipinski definition) is 6. The zero-order chi connectivity index (χ0) is 18.7. The van der Waals surface area contributed by atoms with Gasteiger partial charge in [0.25, 0.3) is 0 Å². The zero-order valence-electron chi connectivity index (χ0n) is 15.4. The number of carbonyl (C=O) groups is 1. The maximum Gasteiger partial charge on any atom is 0.334 e. The van der Waals surface area contributed by atoms with Crippen molar-refractivity contribution in [1.82, 2.24) is 0 Å². The second-order valence-corrected chi connectivity index (χ2v) is 9.23. The third kappa shape index (κ3) is 1.47. The molecule has 0 radical (unpaired) electrons. The first-order valence-corrected chi connectivity index (χ1v) is 9.52. The van der Waals surface area contributed by atoms with Gasteiger partial charge in [-0.25, -0.2) is 4.79 Å². The third-order valence-electron chi connectivity index (χ3n) is 8.18. The molecule has 1 saturated carbocycles. The summed E-state index contributed by atoms with van der Waals surface area (Å²) >= 11 is 0. The summed E-state index contributed by atoms with van der Waals surface area (Å²) in [7, 11) is 0. The minimum atomic E-state index is -1.77. The largest absolute Gasteiger partial charge is 0.458 e. The number of aliphatic hydroxyl groups is 3. The highest BCUT2D eigenvalue weighted by molar-refractivity contribution is 5.92. The Labute approximate surface area is 152 Å². The molecule has 2 aliphatic heterocycles. The molecule has 0 amide bonds. The van der Waals surface area contributed by atoms with Crippen molar-refractivity contribution in [2.45, 2.75) is 69.0 Å². The van der Waals surface area contributed by atoms with Gasteiger partial charge in [0, 0.05) is 11.0 Å². The molecule has 142 valence electrons. The summed E-state index contributed by atoms with van der Waals surface area (Å²) in [6, 6.07) is 0. The maximum absolute atomic E-state index is 12.0. The van der Waals surface area contributed by atoms with Gasteiger partial charge in [0.15, 0.2) is 5.60 Å². The van der Waals surface area contributed by atoms with Crippen LogP contribution in [0.4, 0.5) is 0 Å². The van der Waals surface area contributed by atoms with Crippen LogP contribution in [0.1, 0.15) is 40.0 Å². The quantitative estimate of drug-likeness (QED) is 0.473. The van der Waals surface area contributed by atoms with Gasteiger partial charge in [-0.2, -0.15) is 0 Å². The summed E-state index contributed by atoms with van der Waals surface area (Å²) in [6.45, 7) is 6.09. The monoisotopic (exact) mass is 362 g/mol. The van der Waals surface area contributed by atoms with E-state index in [0.29, 0.717) is 19.3 Å². The number of aliphatic hydroxyl groups excluding tert-OH is 1. The van der Waals surface area contributed by atoms with Crippen molar-refractivity contribution in [3.8, 4) is 0 Å². The number of carbonyl (C=O) groups excluding carboxylic acids is 1. The summed E-state index contributed by atoms with van der Waals surface area (Å²) in [6.07, 6.45) is 3.02. The Hall–Kier alpha value is -1.21. The van der Waals surface area contributed by atoms with E-state index >= 15 is 0 Å². The molecule has 0 aromatic heterocycles. The number of rotatable bonds is 1. The molecule has 2 fully saturated rings. The van der Waals surface area contributed by atoms with Gasteiger partial charge in [-0.1, -0.05) is 32.9 Å². The van der Waals surface area contributed by atoms with E-state index in [2.05, 4.69) is 0 Å². The van der Waals surface area contributed by atoms with Crippen LogP contribution >= 0.6 is 0 Å². The lowest BCUT2D eigenvalue weighted by Crippen LogP contribution is -2.77. The summed E-state index contributed by atoms with van der Waals surface area (Å²) in [5.74, 6) is -0.458. The summed E-state index contributed by atoms with van der Waals surface area (Å²) in [4.78, 5) is 12.0. The van der Waals surface area contributed by atoms with E-state index in [0.717, 1.165) is 11.1 Å². The molecule has 2 heterocycles. The molecule has 0 spiro atoms. The van der Waals surface area contributed by atoms with Gasteiger partial charge < -0.3 is 24.8 Å². The van der Waals surface area contributed by atoms with Crippen molar-refractivity contribution < 1.29 is 29.6 Å². The smallest absolute Gasteiger partial charge is 0.334 e. The van der Waals surface area contributed by atoms with Crippen molar-refractivity contribution >= 4 is 5.97 Å². The fourth-order valence-corrected chi connectivity index (χ4v) is 6.45. The zero-order valence-corrected chi connectivity index (χ0v) is 15.4. The van der Waals surface area contributed by atoms with Crippen molar-refractivity contribution in [2.75, 3.05) is 6.61 Å². The molecule has 5 rings (SSSR count). The number of hydrogen-bond donors (Lipinski definition) is 3. The van der Waals surface area contributed by atoms with Crippen LogP contribution in [-0.4, -0.2) is 56.9 Å². The van der Waals surface area contributed by atoms with E-state index in [4.69, 9.17) is 9.47 Å². The van der Waals surface area contributed by atoms with Crippen molar-refractivity contribution in [3.63, 3.8) is 0 Å². The topological polar surface area (TPSA) is 96.2 Å². The van der Waals surface area contributed by atoms with Gasteiger partial charge in [0.1, 0.15) is 23.9 Å². The Morgan fingerprint density at radius 2 is 2.00 bits per heavy atom. The van der Waals surface area contributed by atoms with E-state index in [9.17, 15) is 20.1 Å². The van der Waals surface area contributed by atoms with Crippen LogP contribution in [-0.2, 0) is 14.3 Å². The lowest BCUT2D eigenvalue weighted by Gasteiger charge is -2.62. The Bertz CT molecular complexity index is 770. The Balaban J connectivity index is 1.71. The first kappa shape index (κ1) is 16.9. The minimum absolute atomic E-state index is 0.0612. The molecule has 6 heteroatoms. The second kappa shape index (κ2) is 4.61. The van der Waals surface area contributed by atoms with E-state index in [-0.39, 0.29) is 24.4 Å². The molecule has 5 aliphatic rings. The Kier molecular flexibility index (Phi) is 3.00. The second-order valence-electron chi connectivity index (χ2n) is 9.23. The SMILES string of the molecule is CC(C)[C@]12C=C[C@]3(O)[C@@](O)([C@@H](C[C@H]4C5=C(CC[C@@]43C)C(=O)OC5)O1)[C@@H]2O. The van der Waals surface area contributed by atoms with Crippen LogP contribution in [0, 0.1) is 17.3 Å². The average Bonchev–Trinajstić information content (AvgIpc) is 3.04. The van der Waals surface area contributed by atoms with Gasteiger partial charge in [0.05, 0.1) is 6.10 Å². The number of fused-ring (bicyclic) bond motifs is 4. The first-order chi connectivity index (χ1) is 12.1. The average molecular weight is 362 g/mol. The van der Waals surface area contributed by atoms with Crippen molar-refractivity contribution in [3.05, 3.63) is 23.3 Å². The fourth-order valence-electron chi connectivity index (χ4n) is 6.45. The van der Waals surface area contributed by atoms with Gasteiger partial charge in [-0.05, 0) is 36.7 Å². The van der Waals surface area contributed by atoms with Crippen LogP contribution in [0.5, 0.6) is 0 Å². The molecular weight excluding hydrogens is 336 g/mol. The highest BCUT2D eigenvalue weighted by Gasteiger charge is 2.80. The summed E-state index contributed by atoms with van der Waals surface area (Å²) in [5.41, 5.74) is -3.46. The highest BCUT2D eigenvalue weighted by Crippen LogP contribution is 2.67. The van der Waals surface area contributed by atoms with E-state index < -0.39 is 34.4 Å². The van der Waals surface area contributed by atoms with Crippen molar-refractivity contribution in [2.24, 2.45) is 17.3 Å². The lowest BCUT2D eigenvalue weighted by molar-refractivity contribution is -0.267. The molecule has 6 nitrogen and oxygen atoms in total. The molecule has 3 aliphatic carbocycles. The minimum Gasteiger partial charge on any atom is -0.458 e. The highest BCUT2D eigenvalue weighted by atomic mass is 16.6. The molecule has 7 atom stereocenters. The third-order valence-corrected chi connectivity index (χ3v) is 8.18. The van der Waals surface area contributed by atoms with Crippen LogP contribution in [0.2, 0.25) is 0 Å². The number of ether oxygens (including phenoxy) is 2. The molecule has 0 aromatic carbocycles. The van der Waals surface area contributed by atoms with Gasteiger partial charge in [-0.3, -0.25) is 0 Å². The lowest BCUT2D eigenvalue weighted by atomic mass is 9.45. The van der Waals surface area contributed by atoms with Gasteiger partial charge in [0.2, 0.25) is 0 Å². The predicted octanol–water partition coefficient (Wildman–Crippen LogP) is 0.846. The fraction of sp³-hybridized carbons (Fsp3) is 0.750. The molecule has 0 unspecified atom stereocenters. The molecular formula is C20H26O6. The molecule has 3 N–H and O–H groups in total. The summed E-state index contributed by atoms with van der Waals surface area (Å²) < 4.78 is 11.5. The molecule has 1 saturated heterocycles. The standard InChI is InChI=1S/C20H26O6/c1-10(2)18-6-7-19(23)17(3)5-4-11-12(9-25-15(11)21)13(17)8-14(26-18)20(19,24)16(18)22/h6-7,10,13-14,16,22-24H,4-5,8-9H2,1-3H3/t13-,14+,16+,17-,18-,19+,20+/m0/s1. The van der Waals surface area contributed by atoms with Crippen LogP contribution in [0.25, 0.3) is 0 Å². The van der Waals surface area contributed by atoms with Crippen LogP contribution < -0.4 is 0 Å². The molecule has 0 aromatic rings. The van der Waals surface area contributed by atoms with Crippen LogP contribution in [0.3, 0.4) is 0 Å². The van der Waals surface area contributed by atoms with Gasteiger partial charge in [-0.15, -0.1) is 0 Å². The number of esters is 1. The molecule has 2 bridgehead atoms. The molecule has 26 heavy (non-hydrogen) atoms. The van der Waals surface area contributed by atoms with E-state index in [1.807, 2.05) is 20.8 Å². The number of cyclic esters (lactones) is 1.